The highest BCUT2D eigenvalue weighted by molar-refractivity contribution is 5.99. The number of benzene rings is 1. The van der Waals surface area contributed by atoms with Crippen molar-refractivity contribution in [3.63, 3.8) is 0 Å². The minimum Gasteiger partial charge on any atom is -0.396 e. The Balaban J connectivity index is 2.02. The number of carbonyl (C=O) groups excluding carboxylic acids is 2. The summed E-state index contributed by atoms with van der Waals surface area (Å²) in [5.41, 5.74) is 1.67. The molecule has 2 amide bonds. The van der Waals surface area contributed by atoms with Gasteiger partial charge >= 0.3 is 0 Å². The van der Waals surface area contributed by atoms with Gasteiger partial charge in [-0.15, -0.1) is 0 Å². The Morgan fingerprint density at radius 3 is 2.64 bits per heavy atom. The number of amides is 2. The molecule has 0 aliphatic heterocycles. The molecule has 1 unspecified atom stereocenters. The van der Waals surface area contributed by atoms with Gasteiger partial charge in [0.15, 0.2) is 0 Å². The van der Waals surface area contributed by atoms with Crippen molar-refractivity contribution in [3.8, 4) is 0 Å². The van der Waals surface area contributed by atoms with Crippen LogP contribution in [0.3, 0.4) is 0 Å². The van der Waals surface area contributed by atoms with E-state index in [-0.39, 0.29) is 41.6 Å². The van der Waals surface area contributed by atoms with Gasteiger partial charge in [0.05, 0.1) is 11.6 Å². The van der Waals surface area contributed by atoms with E-state index in [2.05, 4.69) is 10.6 Å². The van der Waals surface area contributed by atoms with Gasteiger partial charge in [-0.25, -0.2) is 0 Å². The van der Waals surface area contributed by atoms with Crippen molar-refractivity contribution in [1.29, 1.82) is 0 Å². The van der Waals surface area contributed by atoms with Crippen molar-refractivity contribution in [2.45, 2.75) is 32.4 Å². The molecule has 1 aromatic carbocycles. The molecule has 1 aliphatic rings. The third kappa shape index (κ3) is 3.99. The number of rotatable bonds is 6. The quantitative estimate of drug-likeness (QED) is 0.699. The maximum absolute atomic E-state index is 12.9. The number of aliphatic hydroxyl groups is 1. The van der Waals surface area contributed by atoms with E-state index in [1.54, 1.807) is 0 Å². The van der Waals surface area contributed by atoms with E-state index in [0.29, 0.717) is 0 Å². The second-order valence-electron chi connectivity index (χ2n) is 7.28. The fraction of sp³-hybridized carbons (Fsp3) is 0.381. The number of carbonyl (C=O) groups is 2. The van der Waals surface area contributed by atoms with Crippen LogP contribution in [0.1, 0.15) is 51.2 Å². The number of nitrogens with one attached hydrogen (secondary N) is 2. The summed E-state index contributed by atoms with van der Waals surface area (Å²) in [7, 11) is 1.44. The van der Waals surface area contributed by atoms with Crippen LogP contribution in [0.4, 0.5) is 0 Å². The van der Waals surface area contributed by atoms with Crippen LogP contribution < -0.4 is 16.2 Å². The summed E-state index contributed by atoms with van der Waals surface area (Å²) >= 11 is 0. The van der Waals surface area contributed by atoms with Crippen LogP contribution in [0.15, 0.2) is 41.3 Å². The first-order valence-electron chi connectivity index (χ1n) is 9.32. The first kappa shape index (κ1) is 19.8. The van der Waals surface area contributed by atoms with Crippen molar-refractivity contribution in [1.82, 2.24) is 15.2 Å². The van der Waals surface area contributed by atoms with E-state index in [1.807, 2.05) is 38.1 Å². The maximum atomic E-state index is 12.9. The first-order chi connectivity index (χ1) is 13.3. The third-order valence-corrected chi connectivity index (χ3v) is 5.19. The zero-order valence-electron chi connectivity index (χ0n) is 16.2. The topological polar surface area (TPSA) is 100 Å². The van der Waals surface area contributed by atoms with Gasteiger partial charge in [-0.1, -0.05) is 29.8 Å². The van der Waals surface area contributed by atoms with Gasteiger partial charge in [-0.2, -0.15) is 0 Å². The third-order valence-electron chi connectivity index (χ3n) is 5.19. The smallest absolute Gasteiger partial charge is 0.264 e. The molecule has 7 heteroatoms. The highest BCUT2D eigenvalue weighted by Gasteiger charge is 2.37. The molecule has 1 saturated carbocycles. The lowest BCUT2D eigenvalue weighted by atomic mass is 10.0. The van der Waals surface area contributed by atoms with Crippen LogP contribution in [0.2, 0.25) is 0 Å². The average molecular weight is 383 g/mol. The van der Waals surface area contributed by atoms with E-state index in [0.717, 1.165) is 17.5 Å². The molecule has 3 rings (SSSR count). The predicted octanol–water partition coefficient (Wildman–Crippen LogP) is 1.24. The van der Waals surface area contributed by atoms with Crippen LogP contribution in [0.5, 0.6) is 0 Å². The van der Waals surface area contributed by atoms with Gasteiger partial charge in [-0.3, -0.25) is 14.4 Å². The van der Waals surface area contributed by atoms with E-state index in [4.69, 9.17) is 5.11 Å². The molecule has 0 radical (unpaired) electrons. The highest BCUT2D eigenvalue weighted by Crippen LogP contribution is 2.29. The molecule has 1 aromatic heterocycles. The number of aliphatic hydroxyl groups excluding tert-OH is 1. The molecule has 1 heterocycles. The Morgan fingerprint density at radius 1 is 1.29 bits per heavy atom. The van der Waals surface area contributed by atoms with E-state index in [9.17, 15) is 14.4 Å². The molecule has 1 aliphatic carbocycles. The summed E-state index contributed by atoms with van der Waals surface area (Å²) in [6.07, 6.45) is 2.22. The highest BCUT2D eigenvalue weighted by atomic mass is 16.3. The minimum atomic E-state index is -0.538. The number of aromatic nitrogens is 1. The van der Waals surface area contributed by atoms with Gasteiger partial charge < -0.3 is 20.3 Å². The molecule has 28 heavy (non-hydrogen) atoms. The fourth-order valence-electron chi connectivity index (χ4n) is 3.28. The van der Waals surface area contributed by atoms with Crippen LogP contribution in [-0.2, 0) is 0 Å². The number of hydrogen-bond donors (Lipinski definition) is 3. The van der Waals surface area contributed by atoms with E-state index < -0.39 is 11.5 Å². The number of nitrogens with zero attached hydrogens (tertiary/aromatic N) is 1. The lowest BCUT2D eigenvalue weighted by molar-refractivity contribution is 0.0946. The summed E-state index contributed by atoms with van der Waals surface area (Å²) in [5.74, 6) is -0.833. The lowest BCUT2D eigenvalue weighted by Gasteiger charge is -2.18. The Kier molecular flexibility index (Phi) is 5.65. The summed E-state index contributed by atoms with van der Waals surface area (Å²) < 4.78 is 1.42. The van der Waals surface area contributed by atoms with Crippen molar-refractivity contribution in [2.75, 3.05) is 13.7 Å². The van der Waals surface area contributed by atoms with Crippen LogP contribution in [0.25, 0.3) is 0 Å². The van der Waals surface area contributed by atoms with Crippen molar-refractivity contribution in [3.05, 3.63) is 69.1 Å². The molecule has 3 N–H and O–H groups in total. The van der Waals surface area contributed by atoms with Gasteiger partial charge in [0.1, 0.15) is 5.56 Å². The summed E-state index contributed by atoms with van der Waals surface area (Å²) in [6.45, 7) is 3.85. The molecule has 148 valence electrons. The molecular formula is C21H25N3O4. The summed E-state index contributed by atoms with van der Waals surface area (Å²) in [6, 6.07) is 8.65. The SMILES string of the molecule is CNC(=O)c1cc(C(=O)N[C@@H]2C[C@H]2CO)cn(C(C)c2cccc(C)c2)c1=O. The van der Waals surface area contributed by atoms with E-state index in [1.165, 1.54) is 23.9 Å². The minimum absolute atomic E-state index is 0.0261. The second kappa shape index (κ2) is 7.98. The van der Waals surface area contributed by atoms with Crippen molar-refractivity contribution < 1.29 is 14.7 Å². The molecule has 1 fully saturated rings. The Labute approximate surface area is 163 Å². The fourth-order valence-corrected chi connectivity index (χ4v) is 3.28. The predicted molar refractivity (Wildman–Crippen MR) is 106 cm³/mol. The Hall–Kier alpha value is -2.93. The molecule has 3 atom stereocenters. The van der Waals surface area contributed by atoms with Gasteiger partial charge in [0, 0.05) is 31.8 Å². The van der Waals surface area contributed by atoms with Crippen molar-refractivity contribution in [2.24, 2.45) is 5.92 Å². The van der Waals surface area contributed by atoms with E-state index >= 15 is 0 Å². The molecule has 0 spiro atoms. The van der Waals surface area contributed by atoms with Crippen molar-refractivity contribution >= 4 is 11.8 Å². The normalized spacial score (nSPS) is 19.0. The summed E-state index contributed by atoms with van der Waals surface area (Å²) in [5, 5.41) is 14.5. The van der Waals surface area contributed by atoms with Gasteiger partial charge in [-0.05, 0) is 31.9 Å². The first-order valence-corrected chi connectivity index (χ1v) is 9.32. The monoisotopic (exact) mass is 383 g/mol. The van der Waals surface area contributed by atoms with Gasteiger partial charge in [0.2, 0.25) is 0 Å². The second-order valence-corrected chi connectivity index (χ2v) is 7.28. The molecule has 7 nitrogen and oxygen atoms in total. The standard InChI is InChI=1S/C21H25N3O4/c1-12-5-4-6-14(7-12)13(2)24-10-15(8-17(21(24)28)20(27)22-3)19(26)23-18-9-16(18)11-25/h4-8,10,13,16,18,25H,9,11H2,1-3H3,(H,22,27)(H,23,26)/t13?,16-,18+/m0/s1. The number of aryl methyl sites for hydroxylation is 1. The molecule has 0 bridgehead atoms. The Morgan fingerprint density at radius 2 is 2.04 bits per heavy atom. The average Bonchev–Trinajstić information content (AvgIpc) is 3.45. The summed E-state index contributed by atoms with van der Waals surface area (Å²) in [4.78, 5) is 37.8. The Bertz CT molecular complexity index is 966. The van der Waals surface area contributed by atoms with Crippen LogP contribution in [0, 0.1) is 12.8 Å². The molecule has 2 aromatic rings. The largest absolute Gasteiger partial charge is 0.396 e. The molecule has 0 saturated heterocycles. The maximum Gasteiger partial charge on any atom is 0.264 e. The number of pyridine rings is 1. The zero-order chi connectivity index (χ0) is 20.4. The number of hydrogen-bond acceptors (Lipinski definition) is 4. The zero-order valence-corrected chi connectivity index (χ0v) is 16.2. The van der Waals surface area contributed by atoms with Crippen LogP contribution >= 0.6 is 0 Å². The van der Waals surface area contributed by atoms with Gasteiger partial charge in [0.25, 0.3) is 17.4 Å². The van der Waals surface area contributed by atoms with Crippen LogP contribution in [-0.4, -0.2) is 41.2 Å². The molecular weight excluding hydrogens is 358 g/mol. The lowest BCUT2D eigenvalue weighted by Crippen LogP contribution is -2.35.